The summed E-state index contributed by atoms with van der Waals surface area (Å²) in [6.07, 6.45) is 0.927. The normalized spacial score (nSPS) is 12.6. The van der Waals surface area contributed by atoms with Crippen LogP contribution in [0.3, 0.4) is 0 Å². The second-order valence-electron chi connectivity index (χ2n) is 3.37. The Balaban J connectivity index is 2.62. The Hall–Kier alpha value is -1.56. The highest BCUT2D eigenvalue weighted by atomic mass is 79.9. The van der Waals surface area contributed by atoms with Gasteiger partial charge in [0.15, 0.2) is 0 Å². The van der Waals surface area contributed by atoms with Crippen LogP contribution < -0.4 is 16.8 Å². The van der Waals surface area contributed by atoms with Crippen molar-refractivity contribution < 1.29 is 0 Å². The highest BCUT2D eigenvalue weighted by molar-refractivity contribution is 9.10. The van der Waals surface area contributed by atoms with Crippen LogP contribution in [0.4, 0.5) is 5.69 Å². The number of hydrogen-bond donors (Lipinski definition) is 3. The highest BCUT2D eigenvalue weighted by Gasteiger charge is 1.96. The van der Waals surface area contributed by atoms with Crippen molar-refractivity contribution in [1.29, 1.82) is 0 Å². The summed E-state index contributed by atoms with van der Waals surface area (Å²) in [7, 11) is 0. The number of nitrogens with zero attached hydrogens (tertiary/aromatic N) is 2. The largest absolute Gasteiger partial charge is 0.369 e. The van der Waals surface area contributed by atoms with Crippen molar-refractivity contribution in [3.63, 3.8) is 0 Å². The summed E-state index contributed by atoms with van der Waals surface area (Å²) in [6, 6.07) is 7.58. The lowest BCUT2D eigenvalue weighted by molar-refractivity contribution is 0.927. The van der Waals surface area contributed by atoms with Crippen LogP contribution in [0.25, 0.3) is 0 Å². The third-order valence-electron chi connectivity index (χ3n) is 1.85. The SMILES string of the molecule is CCCN=C(N)N=C(N)Nc1ccc(Br)cc1. The zero-order valence-corrected chi connectivity index (χ0v) is 11.2. The number of aliphatic imine (C=N–C) groups is 2. The van der Waals surface area contributed by atoms with Crippen LogP contribution in [0.2, 0.25) is 0 Å². The van der Waals surface area contributed by atoms with Gasteiger partial charge >= 0.3 is 0 Å². The molecule has 17 heavy (non-hydrogen) atoms. The minimum Gasteiger partial charge on any atom is -0.369 e. The Kier molecular flexibility index (Phi) is 5.48. The molecule has 0 aromatic heterocycles. The predicted molar refractivity (Wildman–Crippen MR) is 76.2 cm³/mol. The molecule has 0 spiro atoms. The Morgan fingerprint density at radius 3 is 2.53 bits per heavy atom. The van der Waals surface area contributed by atoms with Crippen LogP contribution in [0.5, 0.6) is 0 Å². The van der Waals surface area contributed by atoms with Crippen molar-refractivity contribution in [2.75, 3.05) is 11.9 Å². The molecule has 0 bridgehead atoms. The van der Waals surface area contributed by atoms with E-state index in [1.165, 1.54) is 0 Å². The maximum Gasteiger partial charge on any atom is 0.218 e. The number of guanidine groups is 2. The van der Waals surface area contributed by atoms with Crippen LogP contribution >= 0.6 is 15.9 Å². The number of anilines is 1. The van der Waals surface area contributed by atoms with Gasteiger partial charge in [-0.15, -0.1) is 0 Å². The smallest absolute Gasteiger partial charge is 0.218 e. The minimum absolute atomic E-state index is 0.189. The third kappa shape index (κ3) is 5.35. The quantitative estimate of drug-likeness (QED) is 0.588. The molecule has 0 saturated carbocycles. The van der Waals surface area contributed by atoms with Crippen molar-refractivity contribution in [1.82, 2.24) is 0 Å². The molecule has 0 aliphatic heterocycles. The minimum atomic E-state index is 0.189. The van der Waals surface area contributed by atoms with Gasteiger partial charge in [-0.2, -0.15) is 4.99 Å². The molecular formula is C11H16BrN5. The summed E-state index contributed by atoms with van der Waals surface area (Å²) in [5.74, 6) is 0.415. The lowest BCUT2D eigenvalue weighted by Crippen LogP contribution is -2.26. The monoisotopic (exact) mass is 297 g/mol. The Morgan fingerprint density at radius 2 is 1.94 bits per heavy atom. The van der Waals surface area contributed by atoms with E-state index in [4.69, 9.17) is 11.5 Å². The van der Waals surface area contributed by atoms with E-state index in [1.807, 2.05) is 31.2 Å². The van der Waals surface area contributed by atoms with Crippen molar-refractivity contribution in [3.8, 4) is 0 Å². The molecule has 0 unspecified atom stereocenters. The first-order chi connectivity index (χ1) is 8.11. The van der Waals surface area contributed by atoms with Gasteiger partial charge in [-0.25, -0.2) is 0 Å². The van der Waals surface area contributed by atoms with E-state index in [9.17, 15) is 0 Å². The number of benzene rings is 1. The highest BCUT2D eigenvalue weighted by Crippen LogP contribution is 2.13. The molecule has 6 heteroatoms. The molecule has 1 aromatic carbocycles. The van der Waals surface area contributed by atoms with E-state index in [0.29, 0.717) is 6.54 Å². The number of nitrogens with two attached hydrogens (primary N) is 2. The molecule has 0 saturated heterocycles. The molecule has 92 valence electrons. The number of rotatable bonds is 3. The van der Waals surface area contributed by atoms with Gasteiger partial charge in [0.05, 0.1) is 0 Å². The lowest BCUT2D eigenvalue weighted by atomic mass is 10.3. The van der Waals surface area contributed by atoms with Crippen LogP contribution in [-0.4, -0.2) is 18.5 Å². The molecule has 5 nitrogen and oxygen atoms in total. The standard InChI is InChI=1S/C11H16BrN5/c1-2-7-15-10(13)17-11(14)16-9-5-3-8(12)4-6-9/h3-6H,2,7H2,1H3,(H5,13,14,15,16,17). The first-order valence-electron chi connectivity index (χ1n) is 5.28. The van der Waals surface area contributed by atoms with Gasteiger partial charge in [-0.05, 0) is 30.7 Å². The average molecular weight is 298 g/mol. The van der Waals surface area contributed by atoms with E-state index >= 15 is 0 Å². The molecule has 0 aliphatic carbocycles. The average Bonchev–Trinajstić information content (AvgIpc) is 2.29. The maximum atomic E-state index is 5.68. The molecule has 0 radical (unpaired) electrons. The topological polar surface area (TPSA) is 88.8 Å². The number of hydrogen-bond acceptors (Lipinski definition) is 1. The van der Waals surface area contributed by atoms with E-state index in [0.717, 1.165) is 16.6 Å². The fourth-order valence-corrected chi connectivity index (χ4v) is 1.36. The number of nitrogens with one attached hydrogen (secondary N) is 1. The van der Waals surface area contributed by atoms with Crippen molar-refractivity contribution in [2.24, 2.45) is 21.5 Å². The van der Waals surface area contributed by atoms with Crippen LogP contribution in [0, 0.1) is 0 Å². The molecule has 0 amide bonds. The molecule has 0 atom stereocenters. The Labute approximate surface area is 109 Å². The lowest BCUT2D eigenvalue weighted by Gasteiger charge is -2.05. The molecule has 0 heterocycles. The van der Waals surface area contributed by atoms with Gasteiger partial charge in [0, 0.05) is 16.7 Å². The zero-order chi connectivity index (χ0) is 12.7. The molecule has 1 aromatic rings. The van der Waals surface area contributed by atoms with E-state index in [1.54, 1.807) is 0 Å². The van der Waals surface area contributed by atoms with E-state index in [-0.39, 0.29) is 11.9 Å². The van der Waals surface area contributed by atoms with Crippen LogP contribution in [0.1, 0.15) is 13.3 Å². The fraction of sp³-hybridized carbons (Fsp3) is 0.273. The van der Waals surface area contributed by atoms with Crippen molar-refractivity contribution in [2.45, 2.75) is 13.3 Å². The molecule has 0 aliphatic rings. The van der Waals surface area contributed by atoms with E-state index in [2.05, 4.69) is 31.2 Å². The summed E-state index contributed by atoms with van der Waals surface area (Å²) in [6.45, 7) is 2.67. The van der Waals surface area contributed by atoms with Gasteiger partial charge in [-0.1, -0.05) is 22.9 Å². The third-order valence-corrected chi connectivity index (χ3v) is 2.38. The van der Waals surface area contributed by atoms with E-state index < -0.39 is 0 Å². The first kappa shape index (κ1) is 13.5. The summed E-state index contributed by atoms with van der Waals surface area (Å²) in [4.78, 5) is 7.95. The zero-order valence-electron chi connectivity index (χ0n) is 9.65. The van der Waals surface area contributed by atoms with Crippen molar-refractivity contribution in [3.05, 3.63) is 28.7 Å². The fourth-order valence-electron chi connectivity index (χ4n) is 1.09. The molecule has 5 N–H and O–H groups in total. The summed E-state index contributed by atoms with van der Waals surface area (Å²) < 4.78 is 1.00. The summed E-state index contributed by atoms with van der Waals surface area (Å²) in [5.41, 5.74) is 12.1. The van der Waals surface area contributed by atoms with Crippen LogP contribution in [0.15, 0.2) is 38.7 Å². The van der Waals surface area contributed by atoms with Crippen molar-refractivity contribution >= 4 is 33.5 Å². The second-order valence-corrected chi connectivity index (χ2v) is 4.28. The van der Waals surface area contributed by atoms with Crippen LogP contribution in [-0.2, 0) is 0 Å². The van der Waals surface area contributed by atoms with Gasteiger partial charge in [-0.3, -0.25) is 4.99 Å². The Bertz CT molecular complexity index is 410. The molecular weight excluding hydrogens is 282 g/mol. The predicted octanol–water partition coefficient (Wildman–Crippen LogP) is 1.90. The summed E-state index contributed by atoms with van der Waals surface area (Å²) in [5, 5.41) is 2.92. The van der Waals surface area contributed by atoms with Gasteiger partial charge in [0.2, 0.25) is 11.9 Å². The molecule has 1 rings (SSSR count). The van der Waals surface area contributed by atoms with Gasteiger partial charge < -0.3 is 16.8 Å². The summed E-state index contributed by atoms with van der Waals surface area (Å²) >= 11 is 3.35. The second kappa shape index (κ2) is 6.90. The molecule has 0 fully saturated rings. The van der Waals surface area contributed by atoms with Gasteiger partial charge in [0.1, 0.15) is 0 Å². The Morgan fingerprint density at radius 1 is 1.29 bits per heavy atom. The van der Waals surface area contributed by atoms with Gasteiger partial charge in [0.25, 0.3) is 0 Å². The first-order valence-corrected chi connectivity index (χ1v) is 6.07. The number of halogens is 1. The maximum absolute atomic E-state index is 5.68.